The van der Waals surface area contributed by atoms with Gasteiger partial charge >= 0.3 is 0 Å². The molecule has 1 heterocycles. The van der Waals surface area contributed by atoms with Gasteiger partial charge in [-0.2, -0.15) is 0 Å². The van der Waals surface area contributed by atoms with Crippen molar-refractivity contribution in [2.24, 2.45) is 0 Å². The highest BCUT2D eigenvalue weighted by Crippen LogP contribution is 2.17. The van der Waals surface area contributed by atoms with E-state index in [-0.39, 0.29) is 11.9 Å². The average Bonchev–Trinajstić information content (AvgIpc) is 2.42. The van der Waals surface area contributed by atoms with Gasteiger partial charge in [-0.3, -0.25) is 0 Å². The molecular formula is C14H20BrFN2O. The van der Waals surface area contributed by atoms with Gasteiger partial charge in [0.1, 0.15) is 5.82 Å². The first-order valence-corrected chi connectivity index (χ1v) is 7.39. The molecule has 1 atom stereocenters. The van der Waals surface area contributed by atoms with E-state index in [2.05, 4.69) is 26.1 Å². The second-order valence-corrected chi connectivity index (χ2v) is 5.87. The summed E-state index contributed by atoms with van der Waals surface area (Å²) in [5.74, 6) is -0.148. The summed E-state index contributed by atoms with van der Waals surface area (Å²) in [6.07, 6.45) is 1.25. The maximum absolute atomic E-state index is 13.6. The number of morpholine rings is 1. The van der Waals surface area contributed by atoms with Crippen LogP contribution < -0.4 is 5.32 Å². The molecule has 19 heavy (non-hydrogen) atoms. The third-order valence-corrected chi connectivity index (χ3v) is 3.78. The minimum absolute atomic E-state index is 0.148. The molecule has 2 rings (SSSR count). The second kappa shape index (κ2) is 7.33. The lowest BCUT2D eigenvalue weighted by atomic mass is 10.2. The lowest BCUT2D eigenvalue weighted by molar-refractivity contribution is 0.0183. The Morgan fingerprint density at radius 2 is 2.37 bits per heavy atom. The number of hydrogen-bond acceptors (Lipinski definition) is 3. The van der Waals surface area contributed by atoms with Gasteiger partial charge in [0, 0.05) is 36.2 Å². The van der Waals surface area contributed by atoms with Crippen molar-refractivity contribution in [2.45, 2.75) is 19.1 Å². The second-order valence-electron chi connectivity index (χ2n) is 4.96. The molecule has 0 spiro atoms. The van der Waals surface area contributed by atoms with Crippen LogP contribution in [-0.2, 0) is 11.3 Å². The first-order valence-electron chi connectivity index (χ1n) is 6.60. The molecular weight excluding hydrogens is 311 g/mol. The molecule has 1 saturated heterocycles. The molecule has 1 N–H and O–H groups in total. The van der Waals surface area contributed by atoms with Crippen LogP contribution in [-0.4, -0.2) is 44.3 Å². The van der Waals surface area contributed by atoms with Crippen LogP contribution in [0.5, 0.6) is 0 Å². The first kappa shape index (κ1) is 14.9. The van der Waals surface area contributed by atoms with Gasteiger partial charge in [0.25, 0.3) is 0 Å². The van der Waals surface area contributed by atoms with Gasteiger partial charge < -0.3 is 15.0 Å². The zero-order valence-corrected chi connectivity index (χ0v) is 12.7. The van der Waals surface area contributed by atoms with Crippen molar-refractivity contribution < 1.29 is 9.13 Å². The molecule has 3 nitrogen and oxygen atoms in total. The molecule has 0 radical (unpaired) electrons. The number of nitrogens with one attached hydrogen (secondary N) is 1. The Kier molecular flexibility index (Phi) is 5.76. The molecule has 1 fully saturated rings. The Hall–Kier alpha value is -0.490. The zero-order chi connectivity index (χ0) is 13.7. The van der Waals surface area contributed by atoms with Gasteiger partial charge in [-0.05, 0) is 31.7 Å². The highest BCUT2D eigenvalue weighted by Gasteiger charge is 2.14. The van der Waals surface area contributed by atoms with Crippen LogP contribution in [0, 0.1) is 5.82 Å². The van der Waals surface area contributed by atoms with E-state index in [0.29, 0.717) is 6.54 Å². The van der Waals surface area contributed by atoms with Gasteiger partial charge in [0.15, 0.2) is 0 Å². The van der Waals surface area contributed by atoms with Crippen molar-refractivity contribution >= 4 is 15.9 Å². The normalized spacial score (nSPS) is 19.9. The summed E-state index contributed by atoms with van der Waals surface area (Å²) in [5, 5.41) is 3.32. The van der Waals surface area contributed by atoms with Crippen molar-refractivity contribution in [2.75, 3.05) is 33.3 Å². The van der Waals surface area contributed by atoms with Crippen molar-refractivity contribution in [3.63, 3.8) is 0 Å². The van der Waals surface area contributed by atoms with Crippen LogP contribution in [0.15, 0.2) is 22.7 Å². The minimum atomic E-state index is -0.148. The maximum Gasteiger partial charge on any atom is 0.127 e. The fourth-order valence-electron chi connectivity index (χ4n) is 2.20. The SMILES string of the molecule is CN(CCC1CNCCO1)Cc1cc(Br)ccc1F. The minimum Gasteiger partial charge on any atom is -0.376 e. The quantitative estimate of drug-likeness (QED) is 0.897. The number of benzene rings is 1. The van der Waals surface area contributed by atoms with E-state index in [0.717, 1.165) is 42.7 Å². The van der Waals surface area contributed by atoms with Crippen molar-refractivity contribution in [3.8, 4) is 0 Å². The van der Waals surface area contributed by atoms with Crippen LogP contribution in [0.2, 0.25) is 0 Å². The molecule has 1 aromatic carbocycles. The molecule has 0 amide bonds. The summed E-state index contributed by atoms with van der Waals surface area (Å²) in [6.45, 7) is 4.16. The third-order valence-electron chi connectivity index (χ3n) is 3.29. The summed E-state index contributed by atoms with van der Waals surface area (Å²) in [4.78, 5) is 2.13. The van der Waals surface area contributed by atoms with Gasteiger partial charge in [0.2, 0.25) is 0 Å². The lowest BCUT2D eigenvalue weighted by Crippen LogP contribution is -2.40. The Morgan fingerprint density at radius 3 is 3.11 bits per heavy atom. The van der Waals surface area contributed by atoms with Gasteiger partial charge in [0.05, 0.1) is 12.7 Å². The van der Waals surface area contributed by atoms with E-state index in [1.807, 2.05) is 13.1 Å². The topological polar surface area (TPSA) is 24.5 Å². The monoisotopic (exact) mass is 330 g/mol. The van der Waals surface area contributed by atoms with Crippen LogP contribution >= 0.6 is 15.9 Å². The first-order chi connectivity index (χ1) is 9.15. The zero-order valence-electron chi connectivity index (χ0n) is 11.2. The molecule has 106 valence electrons. The Labute approximate surface area is 122 Å². The Balaban J connectivity index is 1.80. The summed E-state index contributed by atoms with van der Waals surface area (Å²) < 4.78 is 20.2. The highest BCUT2D eigenvalue weighted by atomic mass is 79.9. The van der Waals surface area contributed by atoms with E-state index < -0.39 is 0 Å². The standard InChI is InChI=1S/C14H20BrFN2O/c1-18(6-4-13-9-17-5-7-19-13)10-11-8-12(15)2-3-14(11)16/h2-3,8,13,17H,4-7,9-10H2,1H3. The number of nitrogens with zero attached hydrogens (tertiary/aromatic N) is 1. The number of ether oxygens (including phenoxy) is 1. The number of rotatable bonds is 5. The van der Waals surface area contributed by atoms with Crippen LogP contribution in [0.3, 0.4) is 0 Å². The van der Waals surface area contributed by atoms with E-state index in [1.165, 1.54) is 6.07 Å². The van der Waals surface area contributed by atoms with E-state index in [9.17, 15) is 4.39 Å². The molecule has 0 aliphatic carbocycles. The molecule has 1 aliphatic rings. The molecule has 5 heteroatoms. The van der Waals surface area contributed by atoms with E-state index >= 15 is 0 Å². The van der Waals surface area contributed by atoms with Crippen molar-refractivity contribution in [1.29, 1.82) is 0 Å². The van der Waals surface area contributed by atoms with Gasteiger partial charge in [-0.1, -0.05) is 15.9 Å². The number of hydrogen-bond donors (Lipinski definition) is 1. The smallest absolute Gasteiger partial charge is 0.127 e. The van der Waals surface area contributed by atoms with E-state index in [4.69, 9.17) is 4.74 Å². The highest BCUT2D eigenvalue weighted by molar-refractivity contribution is 9.10. The summed E-state index contributed by atoms with van der Waals surface area (Å²) in [7, 11) is 2.01. The van der Waals surface area contributed by atoms with Gasteiger partial charge in [-0.15, -0.1) is 0 Å². The summed E-state index contributed by atoms with van der Waals surface area (Å²) in [5.41, 5.74) is 0.722. The molecule has 1 unspecified atom stereocenters. The van der Waals surface area contributed by atoms with Crippen LogP contribution in [0.25, 0.3) is 0 Å². The molecule has 0 bridgehead atoms. The summed E-state index contributed by atoms with van der Waals surface area (Å²) in [6, 6.07) is 5.06. The third kappa shape index (κ3) is 4.84. The van der Waals surface area contributed by atoms with Crippen LogP contribution in [0.1, 0.15) is 12.0 Å². The summed E-state index contributed by atoms with van der Waals surface area (Å²) >= 11 is 3.37. The van der Waals surface area contributed by atoms with E-state index in [1.54, 1.807) is 6.07 Å². The predicted molar refractivity (Wildman–Crippen MR) is 77.7 cm³/mol. The largest absolute Gasteiger partial charge is 0.376 e. The molecule has 1 aromatic rings. The fraction of sp³-hybridized carbons (Fsp3) is 0.571. The maximum atomic E-state index is 13.6. The fourth-order valence-corrected chi connectivity index (χ4v) is 2.61. The average molecular weight is 331 g/mol. The number of halogens is 2. The molecule has 0 saturated carbocycles. The Morgan fingerprint density at radius 1 is 1.53 bits per heavy atom. The van der Waals surface area contributed by atoms with Crippen molar-refractivity contribution in [3.05, 3.63) is 34.1 Å². The molecule has 1 aliphatic heterocycles. The van der Waals surface area contributed by atoms with Crippen LogP contribution in [0.4, 0.5) is 4.39 Å². The predicted octanol–water partition coefficient (Wildman–Crippen LogP) is 2.40. The molecule has 0 aromatic heterocycles. The van der Waals surface area contributed by atoms with Gasteiger partial charge in [-0.25, -0.2) is 4.39 Å². The lowest BCUT2D eigenvalue weighted by Gasteiger charge is -2.26. The van der Waals surface area contributed by atoms with Crippen molar-refractivity contribution in [1.82, 2.24) is 10.2 Å². The Bertz CT molecular complexity index is 410.